The van der Waals surface area contributed by atoms with E-state index in [1.54, 1.807) is 24.3 Å². The molecule has 0 aliphatic carbocycles. The Labute approximate surface area is 165 Å². The van der Waals surface area contributed by atoms with Crippen molar-refractivity contribution in [3.05, 3.63) is 55.7 Å². The summed E-state index contributed by atoms with van der Waals surface area (Å²) in [5.74, 6) is 0. The SMILES string of the molecule is Cn1c(=O)n(CCCO)c(=O)c2c1nc(S(C)(=O)=O)n2Cc1ccc(Cl)cc1. The van der Waals surface area contributed by atoms with Crippen molar-refractivity contribution >= 4 is 32.6 Å². The summed E-state index contributed by atoms with van der Waals surface area (Å²) < 4.78 is 28.0. The third-order valence-corrected chi connectivity index (χ3v) is 5.55. The van der Waals surface area contributed by atoms with Gasteiger partial charge in [-0.1, -0.05) is 23.7 Å². The van der Waals surface area contributed by atoms with Gasteiger partial charge in [0.25, 0.3) is 5.56 Å². The molecular formula is C17H19ClN4O5S. The van der Waals surface area contributed by atoms with Crippen LogP contribution in [0, 0.1) is 0 Å². The highest BCUT2D eigenvalue weighted by Crippen LogP contribution is 2.19. The summed E-state index contributed by atoms with van der Waals surface area (Å²) in [6.07, 6.45) is 1.21. The summed E-state index contributed by atoms with van der Waals surface area (Å²) in [5, 5.41) is 9.27. The smallest absolute Gasteiger partial charge is 0.332 e. The molecule has 0 bridgehead atoms. The second-order valence-electron chi connectivity index (χ2n) is 6.43. The van der Waals surface area contributed by atoms with E-state index >= 15 is 0 Å². The van der Waals surface area contributed by atoms with E-state index in [9.17, 15) is 18.0 Å². The molecule has 28 heavy (non-hydrogen) atoms. The van der Waals surface area contributed by atoms with Crippen LogP contribution in [-0.4, -0.2) is 45.1 Å². The van der Waals surface area contributed by atoms with Gasteiger partial charge in [0, 0.05) is 31.5 Å². The number of sulfone groups is 1. The molecule has 0 saturated carbocycles. The minimum absolute atomic E-state index is 0.00960. The van der Waals surface area contributed by atoms with Crippen LogP contribution in [-0.2, 0) is 30.0 Å². The highest BCUT2D eigenvalue weighted by molar-refractivity contribution is 7.90. The minimum atomic E-state index is -3.78. The molecule has 1 N–H and O–H groups in total. The maximum atomic E-state index is 13.0. The van der Waals surface area contributed by atoms with Gasteiger partial charge >= 0.3 is 5.69 Å². The molecule has 2 heterocycles. The maximum Gasteiger partial charge on any atom is 0.332 e. The summed E-state index contributed by atoms with van der Waals surface area (Å²) in [7, 11) is -2.36. The first-order chi connectivity index (χ1) is 13.1. The third-order valence-electron chi connectivity index (χ3n) is 4.32. The Hall–Kier alpha value is -2.43. The van der Waals surface area contributed by atoms with Crippen molar-refractivity contribution in [3.63, 3.8) is 0 Å². The molecule has 3 aromatic rings. The highest BCUT2D eigenvalue weighted by Gasteiger charge is 2.25. The van der Waals surface area contributed by atoms with Gasteiger partial charge in [0.2, 0.25) is 15.0 Å². The van der Waals surface area contributed by atoms with Crippen LogP contribution in [0.2, 0.25) is 5.02 Å². The molecule has 0 amide bonds. The number of aryl methyl sites for hydroxylation is 1. The van der Waals surface area contributed by atoms with Gasteiger partial charge in [-0.25, -0.2) is 13.2 Å². The summed E-state index contributed by atoms with van der Waals surface area (Å²) in [6, 6.07) is 6.75. The predicted molar refractivity (Wildman–Crippen MR) is 105 cm³/mol. The van der Waals surface area contributed by atoms with E-state index in [-0.39, 0.29) is 42.4 Å². The molecule has 3 rings (SSSR count). The van der Waals surface area contributed by atoms with Crippen LogP contribution < -0.4 is 11.2 Å². The largest absolute Gasteiger partial charge is 0.396 e. The fourth-order valence-corrected chi connectivity index (χ4v) is 3.91. The van der Waals surface area contributed by atoms with Gasteiger partial charge in [-0.15, -0.1) is 0 Å². The van der Waals surface area contributed by atoms with Crippen molar-refractivity contribution in [3.8, 4) is 0 Å². The lowest BCUT2D eigenvalue weighted by Gasteiger charge is -2.10. The van der Waals surface area contributed by atoms with Crippen molar-refractivity contribution in [2.45, 2.75) is 24.7 Å². The van der Waals surface area contributed by atoms with Crippen LogP contribution in [0.4, 0.5) is 0 Å². The second kappa shape index (κ2) is 7.53. The second-order valence-corrected chi connectivity index (χ2v) is 8.77. The lowest BCUT2D eigenvalue weighted by Crippen LogP contribution is -2.40. The molecule has 0 radical (unpaired) electrons. The van der Waals surface area contributed by atoms with Crippen LogP contribution in [0.25, 0.3) is 11.2 Å². The number of halogens is 1. The van der Waals surface area contributed by atoms with Crippen LogP contribution in [0.3, 0.4) is 0 Å². The van der Waals surface area contributed by atoms with Gasteiger partial charge < -0.3 is 9.67 Å². The van der Waals surface area contributed by atoms with Crippen molar-refractivity contribution in [2.75, 3.05) is 12.9 Å². The van der Waals surface area contributed by atoms with Crippen molar-refractivity contribution in [1.82, 2.24) is 18.7 Å². The van der Waals surface area contributed by atoms with E-state index in [0.717, 1.165) is 15.4 Å². The molecule has 0 aliphatic heterocycles. The Kier molecular flexibility index (Phi) is 5.46. The molecule has 9 nitrogen and oxygen atoms in total. The van der Waals surface area contributed by atoms with Crippen LogP contribution in [0.5, 0.6) is 0 Å². The summed E-state index contributed by atoms with van der Waals surface area (Å²) in [6.45, 7) is -0.117. The molecule has 0 saturated heterocycles. The fraction of sp³-hybridized carbons (Fsp3) is 0.353. The van der Waals surface area contributed by atoms with Gasteiger partial charge in [0.1, 0.15) is 0 Å². The molecule has 150 valence electrons. The van der Waals surface area contributed by atoms with E-state index < -0.39 is 21.1 Å². The lowest BCUT2D eigenvalue weighted by atomic mass is 10.2. The zero-order valence-corrected chi connectivity index (χ0v) is 16.9. The van der Waals surface area contributed by atoms with Crippen LogP contribution in [0.1, 0.15) is 12.0 Å². The van der Waals surface area contributed by atoms with E-state index in [0.29, 0.717) is 10.6 Å². The van der Waals surface area contributed by atoms with Gasteiger partial charge in [0.05, 0.1) is 6.54 Å². The Morgan fingerprint density at radius 2 is 1.79 bits per heavy atom. The number of hydrogen-bond donors (Lipinski definition) is 1. The number of rotatable bonds is 6. The standard InChI is InChI=1S/C17H19ClN4O5S/c1-20-14-13(15(24)21(17(20)25)8-3-9-23)22(16(19-14)28(2,26)27)10-11-4-6-12(18)7-5-11/h4-7,23H,3,8-10H2,1-2H3. The van der Waals surface area contributed by atoms with Crippen molar-refractivity contribution < 1.29 is 13.5 Å². The topological polar surface area (TPSA) is 116 Å². The molecule has 0 unspecified atom stereocenters. The van der Waals surface area contributed by atoms with Crippen molar-refractivity contribution in [1.29, 1.82) is 0 Å². The zero-order chi connectivity index (χ0) is 20.6. The van der Waals surface area contributed by atoms with E-state index in [2.05, 4.69) is 4.98 Å². The molecule has 0 spiro atoms. The molecule has 1 aromatic carbocycles. The first-order valence-electron chi connectivity index (χ1n) is 8.40. The van der Waals surface area contributed by atoms with E-state index in [4.69, 9.17) is 16.7 Å². The van der Waals surface area contributed by atoms with Crippen molar-refractivity contribution in [2.24, 2.45) is 7.05 Å². The van der Waals surface area contributed by atoms with Gasteiger partial charge in [0.15, 0.2) is 11.2 Å². The normalized spacial score (nSPS) is 12.0. The van der Waals surface area contributed by atoms with Gasteiger partial charge in [-0.3, -0.25) is 13.9 Å². The molecular weight excluding hydrogens is 408 g/mol. The molecule has 0 atom stereocenters. The third kappa shape index (κ3) is 3.62. The van der Waals surface area contributed by atoms with Gasteiger partial charge in [-0.05, 0) is 24.1 Å². The summed E-state index contributed by atoms with van der Waals surface area (Å²) >= 11 is 5.90. The molecule has 11 heteroatoms. The number of hydrogen-bond acceptors (Lipinski definition) is 6. The molecule has 0 aliphatic rings. The minimum Gasteiger partial charge on any atom is -0.396 e. The first kappa shape index (κ1) is 20.3. The quantitative estimate of drug-likeness (QED) is 0.609. The first-order valence-corrected chi connectivity index (χ1v) is 10.7. The Balaban J connectivity index is 2.35. The average molecular weight is 427 g/mol. The predicted octanol–water partition coefficient (Wildman–Crippen LogP) is 0.384. The number of imidazole rings is 1. The van der Waals surface area contributed by atoms with Crippen LogP contribution in [0.15, 0.2) is 39.0 Å². The number of aliphatic hydroxyl groups excluding tert-OH is 1. The maximum absolute atomic E-state index is 13.0. The average Bonchev–Trinajstić information content (AvgIpc) is 3.02. The molecule has 2 aromatic heterocycles. The Bertz CT molecular complexity index is 1260. The van der Waals surface area contributed by atoms with E-state index in [1.165, 1.54) is 11.6 Å². The summed E-state index contributed by atoms with van der Waals surface area (Å²) in [5.41, 5.74) is -0.561. The highest BCUT2D eigenvalue weighted by atomic mass is 35.5. The number of benzene rings is 1. The zero-order valence-electron chi connectivity index (χ0n) is 15.3. The van der Waals surface area contributed by atoms with E-state index in [1.807, 2.05) is 0 Å². The number of aromatic nitrogens is 4. The lowest BCUT2D eigenvalue weighted by molar-refractivity contribution is 0.277. The van der Waals surface area contributed by atoms with Gasteiger partial charge in [-0.2, -0.15) is 4.98 Å². The fourth-order valence-electron chi connectivity index (χ4n) is 2.98. The number of aliphatic hydroxyl groups is 1. The Morgan fingerprint density at radius 3 is 2.36 bits per heavy atom. The summed E-state index contributed by atoms with van der Waals surface area (Å²) in [4.78, 5) is 29.6. The molecule has 0 fully saturated rings. The Morgan fingerprint density at radius 1 is 1.14 bits per heavy atom. The monoisotopic (exact) mass is 426 g/mol. The number of fused-ring (bicyclic) bond motifs is 1. The number of nitrogens with zero attached hydrogens (tertiary/aromatic N) is 4. The van der Waals surface area contributed by atoms with Crippen LogP contribution >= 0.6 is 11.6 Å².